The predicted octanol–water partition coefficient (Wildman–Crippen LogP) is 4.98. The molecule has 0 saturated carbocycles. The maximum absolute atomic E-state index is 13.9. The molecule has 2 aromatic carbocycles. The zero-order valence-electron chi connectivity index (χ0n) is 27.0. The van der Waals surface area contributed by atoms with Gasteiger partial charge in [0, 0.05) is 44.5 Å². The second-order valence-electron chi connectivity index (χ2n) is 12.7. The van der Waals surface area contributed by atoms with Crippen molar-refractivity contribution >= 4 is 44.5 Å². The molecule has 7 rings (SSSR count). The molecular weight excluding hydrogens is 615 g/mol. The van der Waals surface area contributed by atoms with Crippen LogP contribution in [0.25, 0.3) is 11.0 Å². The Balaban J connectivity index is 1.29. The quantitative estimate of drug-likeness (QED) is 0.238. The van der Waals surface area contributed by atoms with Crippen LogP contribution in [0.2, 0.25) is 0 Å². The minimum Gasteiger partial charge on any atom is -0.363 e. The molecule has 2 aliphatic rings. The molecule has 0 unspecified atom stereocenters. The van der Waals surface area contributed by atoms with Crippen molar-refractivity contribution in [1.29, 1.82) is 0 Å². The van der Waals surface area contributed by atoms with Crippen LogP contribution in [0.15, 0.2) is 71.8 Å². The number of likely N-dealkylation sites (N-methyl/N-ethyl adjacent to an activating group) is 1. The van der Waals surface area contributed by atoms with Gasteiger partial charge in [-0.25, -0.2) is 12.4 Å². The molecule has 0 spiro atoms. The minimum atomic E-state index is -3.97. The molecule has 0 bridgehead atoms. The summed E-state index contributed by atoms with van der Waals surface area (Å²) in [5.41, 5.74) is 4.14. The third kappa shape index (κ3) is 5.85. The zero-order valence-corrected chi connectivity index (χ0v) is 27.8. The van der Waals surface area contributed by atoms with Crippen molar-refractivity contribution in [2.45, 2.75) is 50.6 Å². The number of aromatic nitrogens is 5. The number of aryl methyl sites for hydroxylation is 2. The first-order chi connectivity index (χ1) is 22.6. The van der Waals surface area contributed by atoms with Crippen molar-refractivity contribution in [2.75, 3.05) is 43.9 Å². The van der Waals surface area contributed by atoms with Gasteiger partial charge in [-0.05, 0) is 70.0 Å². The van der Waals surface area contributed by atoms with Gasteiger partial charge in [0.15, 0.2) is 11.5 Å². The molecular formula is C34H39N9O3S. The largest absolute Gasteiger partial charge is 0.363 e. The molecule has 47 heavy (non-hydrogen) atoms. The molecule has 12 nitrogen and oxygen atoms in total. The first kappa shape index (κ1) is 30.9. The summed E-state index contributed by atoms with van der Waals surface area (Å²) in [5, 5.41) is 12.1. The molecule has 0 radical (unpaired) electrons. The van der Waals surface area contributed by atoms with E-state index in [9.17, 15) is 13.2 Å². The molecule has 244 valence electrons. The fourth-order valence-electron chi connectivity index (χ4n) is 6.34. The van der Waals surface area contributed by atoms with E-state index in [0.29, 0.717) is 35.8 Å². The van der Waals surface area contributed by atoms with Crippen molar-refractivity contribution in [3.8, 4) is 0 Å². The summed E-state index contributed by atoms with van der Waals surface area (Å²) in [4.78, 5) is 27.4. The number of carbonyl (C=O) groups excluding carboxylic acids is 1. The smallest absolute Gasteiger partial charge is 0.272 e. The van der Waals surface area contributed by atoms with Crippen LogP contribution in [-0.4, -0.2) is 81.1 Å². The van der Waals surface area contributed by atoms with E-state index in [1.54, 1.807) is 41.1 Å². The molecule has 5 aromatic rings. The highest BCUT2D eigenvalue weighted by Gasteiger charge is 2.28. The lowest BCUT2D eigenvalue weighted by Gasteiger charge is -2.32. The summed E-state index contributed by atoms with van der Waals surface area (Å²) < 4.78 is 30.7. The molecule has 1 atom stereocenters. The molecule has 1 amide bonds. The Labute approximate surface area is 274 Å². The third-order valence-electron chi connectivity index (χ3n) is 9.01. The maximum Gasteiger partial charge on any atom is 0.272 e. The van der Waals surface area contributed by atoms with Gasteiger partial charge in [-0.1, -0.05) is 42.0 Å². The molecule has 1 aliphatic heterocycles. The SMILES string of the molecule is Cc1ccc(S(=O)(=O)n2ccc3c(N[C@H]4CCc5ccccc54)nc(Nc4cc(C(=O)N5CCN(C)CC5)n(C(C)C)n4)nc32)cc1. The third-order valence-corrected chi connectivity index (χ3v) is 10.7. The number of piperazine rings is 1. The Hall–Kier alpha value is -4.75. The van der Waals surface area contributed by atoms with Crippen LogP contribution in [-0.2, 0) is 16.4 Å². The van der Waals surface area contributed by atoms with Crippen molar-refractivity contribution in [2.24, 2.45) is 0 Å². The number of amides is 1. The van der Waals surface area contributed by atoms with E-state index in [2.05, 4.69) is 34.7 Å². The average Bonchev–Trinajstić information content (AvgIpc) is 3.79. The molecule has 3 aromatic heterocycles. The molecule has 13 heteroatoms. The number of fused-ring (bicyclic) bond motifs is 2. The van der Waals surface area contributed by atoms with Gasteiger partial charge in [-0.15, -0.1) is 0 Å². The van der Waals surface area contributed by atoms with E-state index in [4.69, 9.17) is 15.1 Å². The zero-order chi connectivity index (χ0) is 32.9. The summed E-state index contributed by atoms with van der Waals surface area (Å²) in [6.45, 7) is 8.78. The topological polar surface area (TPSA) is 130 Å². The summed E-state index contributed by atoms with van der Waals surface area (Å²) >= 11 is 0. The lowest BCUT2D eigenvalue weighted by molar-refractivity contribution is 0.0649. The van der Waals surface area contributed by atoms with Gasteiger partial charge in [0.2, 0.25) is 5.95 Å². The van der Waals surface area contributed by atoms with E-state index in [-0.39, 0.29) is 34.5 Å². The monoisotopic (exact) mass is 653 g/mol. The van der Waals surface area contributed by atoms with Crippen molar-refractivity contribution in [1.82, 2.24) is 33.5 Å². The number of rotatable bonds is 8. The number of hydrogen-bond donors (Lipinski definition) is 2. The van der Waals surface area contributed by atoms with E-state index in [1.807, 2.05) is 37.8 Å². The van der Waals surface area contributed by atoms with Crippen LogP contribution >= 0.6 is 0 Å². The fraction of sp³-hybridized carbons (Fsp3) is 0.353. The van der Waals surface area contributed by atoms with Gasteiger partial charge in [-0.3, -0.25) is 9.48 Å². The number of carbonyl (C=O) groups is 1. The molecule has 2 N–H and O–H groups in total. The number of anilines is 3. The second-order valence-corrected chi connectivity index (χ2v) is 14.5. The first-order valence-electron chi connectivity index (χ1n) is 16.0. The van der Waals surface area contributed by atoms with Crippen LogP contribution in [0.1, 0.15) is 59.5 Å². The Kier molecular flexibility index (Phi) is 7.96. The Morgan fingerprint density at radius 1 is 0.979 bits per heavy atom. The fourth-order valence-corrected chi connectivity index (χ4v) is 7.64. The number of hydrogen-bond acceptors (Lipinski definition) is 9. The van der Waals surface area contributed by atoms with Gasteiger partial charge < -0.3 is 20.4 Å². The lowest BCUT2D eigenvalue weighted by atomic mass is 10.1. The Morgan fingerprint density at radius 2 is 1.72 bits per heavy atom. The van der Waals surface area contributed by atoms with Gasteiger partial charge in [0.05, 0.1) is 16.3 Å². The Morgan fingerprint density at radius 3 is 2.47 bits per heavy atom. The van der Waals surface area contributed by atoms with E-state index >= 15 is 0 Å². The van der Waals surface area contributed by atoms with Gasteiger partial charge >= 0.3 is 0 Å². The molecule has 1 fully saturated rings. The van der Waals surface area contributed by atoms with Crippen LogP contribution in [0.5, 0.6) is 0 Å². The van der Waals surface area contributed by atoms with E-state index in [0.717, 1.165) is 31.5 Å². The molecule has 4 heterocycles. The summed E-state index contributed by atoms with van der Waals surface area (Å²) in [7, 11) is -1.91. The Bertz CT molecular complexity index is 2060. The highest BCUT2D eigenvalue weighted by molar-refractivity contribution is 7.90. The first-order valence-corrected chi connectivity index (χ1v) is 17.4. The number of nitrogens with zero attached hydrogens (tertiary/aromatic N) is 7. The summed E-state index contributed by atoms with van der Waals surface area (Å²) in [6, 6.07) is 18.4. The maximum atomic E-state index is 13.9. The van der Waals surface area contributed by atoms with Crippen molar-refractivity contribution in [3.05, 3.63) is 89.2 Å². The van der Waals surface area contributed by atoms with E-state index < -0.39 is 10.0 Å². The highest BCUT2D eigenvalue weighted by Crippen LogP contribution is 2.36. The van der Waals surface area contributed by atoms with Gasteiger partial charge in [0.25, 0.3) is 15.9 Å². The van der Waals surface area contributed by atoms with Crippen LogP contribution in [0.4, 0.5) is 17.6 Å². The summed E-state index contributed by atoms with van der Waals surface area (Å²) in [6.07, 6.45) is 3.34. The van der Waals surface area contributed by atoms with Crippen LogP contribution in [0, 0.1) is 6.92 Å². The van der Waals surface area contributed by atoms with Crippen molar-refractivity contribution < 1.29 is 13.2 Å². The predicted molar refractivity (Wildman–Crippen MR) is 182 cm³/mol. The van der Waals surface area contributed by atoms with Gasteiger partial charge in [0.1, 0.15) is 11.5 Å². The second kappa shape index (κ2) is 12.1. The average molecular weight is 654 g/mol. The van der Waals surface area contributed by atoms with Gasteiger partial charge in [-0.2, -0.15) is 15.1 Å². The number of benzene rings is 2. The van der Waals surface area contributed by atoms with Crippen LogP contribution in [0.3, 0.4) is 0 Å². The highest BCUT2D eigenvalue weighted by atomic mass is 32.2. The minimum absolute atomic E-state index is 0.00201. The van der Waals surface area contributed by atoms with Crippen LogP contribution < -0.4 is 10.6 Å². The molecule has 1 saturated heterocycles. The van der Waals surface area contributed by atoms with E-state index in [1.165, 1.54) is 21.3 Å². The number of nitrogens with one attached hydrogen (secondary N) is 2. The molecule has 1 aliphatic carbocycles. The normalized spacial score (nSPS) is 17.0. The summed E-state index contributed by atoms with van der Waals surface area (Å²) in [5.74, 6) is 0.989. The van der Waals surface area contributed by atoms with Crippen molar-refractivity contribution in [3.63, 3.8) is 0 Å². The standard InChI is InChI=1S/C34H39N9O3S/c1-22(2)43-29(33(44)41-19-17-40(4)18-20-41)21-30(39-43)36-34-37-31(35-28-14-11-24-7-5-6-8-26(24)28)27-15-16-42(32(27)38-34)47(45,46)25-12-9-23(3)10-13-25/h5-10,12-13,15-16,21-22,28H,11,14,17-20H2,1-4H3,(H2,35,36,37,38,39)/t28-/m0/s1. The lowest BCUT2D eigenvalue weighted by Crippen LogP contribution is -2.47.